The Labute approximate surface area is 190 Å². The van der Waals surface area contributed by atoms with E-state index in [1.807, 2.05) is 30.3 Å². The summed E-state index contributed by atoms with van der Waals surface area (Å²) < 4.78 is 52.9. The van der Waals surface area contributed by atoms with Crippen molar-refractivity contribution < 1.29 is 22.0 Å². The fraction of sp³-hybridized carbons (Fsp3) is 0.125. The lowest BCUT2D eigenvalue weighted by Crippen LogP contribution is -2.14. The molecule has 3 aromatic carbocycles. The van der Waals surface area contributed by atoms with E-state index in [0.29, 0.717) is 23.1 Å². The molecule has 1 heterocycles. The first-order chi connectivity index (χ1) is 15.9. The second-order valence-corrected chi connectivity index (χ2v) is 8.15. The molecule has 0 aliphatic carbocycles. The number of aromatic nitrogens is 2. The van der Waals surface area contributed by atoms with Crippen molar-refractivity contribution in [2.24, 2.45) is 0 Å². The topological polar surface area (TPSA) is 89.0 Å². The van der Waals surface area contributed by atoms with Crippen molar-refractivity contribution in [2.75, 3.05) is 6.54 Å². The standard InChI is InChI=1S/C24H19F2N3O3S/c25-18-10-8-16(7-4-12-28-33(31)32)23(26)22(18)24(30)17-9-11-19-20(13-17)29-21(14-27-19)15-5-2-1-3-6-15/h1-3,5-6,8-11,13-14,33H,4,7,12H2,(H,28,31,32). The fourth-order valence-corrected chi connectivity index (χ4v) is 3.83. The summed E-state index contributed by atoms with van der Waals surface area (Å²) in [6.07, 6.45) is 2.07. The second-order valence-electron chi connectivity index (χ2n) is 7.32. The summed E-state index contributed by atoms with van der Waals surface area (Å²) in [7, 11) is -2.74. The smallest absolute Gasteiger partial charge is 0.201 e. The lowest BCUT2D eigenvalue weighted by Gasteiger charge is -2.10. The number of halogens is 2. The zero-order valence-electron chi connectivity index (χ0n) is 17.3. The first kappa shape index (κ1) is 22.6. The van der Waals surface area contributed by atoms with Gasteiger partial charge in [0.25, 0.3) is 0 Å². The predicted octanol–water partition coefficient (Wildman–Crippen LogP) is 3.85. The largest absolute Gasteiger partial charge is 0.288 e. The maximum Gasteiger partial charge on any atom is 0.201 e. The van der Waals surface area contributed by atoms with E-state index in [9.17, 15) is 17.6 Å². The third-order valence-corrected chi connectivity index (χ3v) is 5.62. The minimum atomic E-state index is -2.74. The molecule has 0 aliphatic heterocycles. The first-order valence-corrected chi connectivity index (χ1v) is 11.3. The van der Waals surface area contributed by atoms with Gasteiger partial charge in [0.05, 0.1) is 28.5 Å². The van der Waals surface area contributed by atoms with Crippen LogP contribution in [0.1, 0.15) is 27.9 Å². The van der Waals surface area contributed by atoms with E-state index < -0.39 is 33.9 Å². The summed E-state index contributed by atoms with van der Waals surface area (Å²) in [5.41, 5.74) is 2.01. The van der Waals surface area contributed by atoms with Gasteiger partial charge < -0.3 is 0 Å². The molecule has 0 atom stereocenters. The van der Waals surface area contributed by atoms with Crippen LogP contribution in [0.5, 0.6) is 0 Å². The fourth-order valence-electron chi connectivity index (χ4n) is 3.49. The highest BCUT2D eigenvalue weighted by Crippen LogP contribution is 2.24. The molecule has 1 N–H and O–H groups in total. The van der Waals surface area contributed by atoms with Crippen LogP contribution in [0.25, 0.3) is 22.3 Å². The van der Waals surface area contributed by atoms with E-state index in [-0.39, 0.29) is 24.1 Å². The zero-order valence-corrected chi connectivity index (χ0v) is 18.2. The molecule has 0 saturated carbocycles. The molecule has 0 aliphatic rings. The van der Waals surface area contributed by atoms with Crippen LogP contribution >= 0.6 is 0 Å². The van der Waals surface area contributed by atoms with E-state index in [0.717, 1.165) is 11.6 Å². The Bertz CT molecular complexity index is 1400. The van der Waals surface area contributed by atoms with E-state index >= 15 is 4.39 Å². The summed E-state index contributed by atoms with van der Waals surface area (Å²) in [6.45, 7) is 0.117. The van der Waals surface area contributed by atoms with Crippen LogP contribution < -0.4 is 4.72 Å². The van der Waals surface area contributed by atoms with Crippen molar-refractivity contribution in [3.63, 3.8) is 0 Å². The highest BCUT2D eigenvalue weighted by Gasteiger charge is 2.22. The van der Waals surface area contributed by atoms with Gasteiger partial charge in [0, 0.05) is 17.7 Å². The van der Waals surface area contributed by atoms with Crippen molar-refractivity contribution in [3.05, 3.63) is 95.2 Å². The molecular weight excluding hydrogens is 448 g/mol. The number of thiol groups is 1. The molecule has 0 saturated heterocycles. The van der Waals surface area contributed by atoms with Gasteiger partial charge in [-0.1, -0.05) is 36.4 Å². The molecule has 33 heavy (non-hydrogen) atoms. The van der Waals surface area contributed by atoms with Gasteiger partial charge in [-0.15, -0.1) is 0 Å². The molecule has 168 valence electrons. The monoisotopic (exact) mass is 467 g/mol. The van der Waals surface area contributed by atoms with Gasteiger partial charge in [0.1, 0.15) is 11.6 Å². The minimum Gasteiger partial charge on any atom is -0.288 e. The average Bonchev–Trinajstić information content (AvgIpc) is 2.82. The number of ketones is 1. The number of benzene rings is 3. The van der Waals surface area contributed by atoms with Crippen molar-refractivity contribution in [2.45, 2.75) is 12.8 Å². The number of nitrogens with one attached hydrogen (secondary N) is 1. The van der Waals surface area contributed by atoms with Crippen LogP contribution in [-0.2, 0) is 17.3 Å². The van der Waals surface area contributed by atoms with Crippen LogP contribution in [-0.4, -0.2) is 30.7 Å². The zero-order chi connectivity index (χ0) is 23.4. The van der Waals surface area contributed by atoms with Gasteiger partial charge in [-0.25, -0.2) is 26.9 Å². The van der Waals surface area contributed by atoms with E-state index in [1.165, 1.54) is 18.2 Å². The number of hydrogen-bond donors (Lipinski definition) is 2. The summed E-state index contributed by atoms with van der Waals surface area (Å²) in [4.78, 5) is 22.0. The number of carbonyl (C=O) groups is 1. The molecule has 9 heteroatoms. The van der Waals surface area contributed by atoms with Gasteiger partial charge in [0.15, 0.2) is 5.78 Å². The maximum absolute atomic E-state index is 15.0. The molecular formula is C24H19F2N3O3S. The van der Waals surface area contributed by atoms with Gasteiger partial charge in [0.2, 0.25) is 10.9 Å². The molecule has 0 unspecified atom stereocenters. The molecule has 0 amide bonds. The SMILES string of the molecule is O=C(c1ccc2ncc(-c3ccccc3)nc2c1)c1c(F)ccc(CCCN[SH](=O)=O)c1F. The normalized spacial score (nSPS) is 11.2. The van der Waals surface area contributed by atoms with Crippen molar-refractivity contribution in [3.8, 4) is 11.3 Å². The minimum absolute atomic E-state index is 0.0852. The molecule has 0 fully saturated rings. The molecule has 6 nitrogen and oxygen atoms in total. The third kappa shape index (κ3) is 5.10. The molecule has 0 radical (unpaired) electrons. The van der Waals surface area contributed by atoms with Crippen molar-refractivity contribution >= 4 is 27.7 Å². The molecule has 4 aromatic rings. The van der Waals surface area contributed by atoms with Crippen LogP contribution in [0.3, 0.4) is 0 Å². The van der Waals surface area contributed by atoms with Gasteiger partial charge in [-0.05, 0) is 42.7 Å². The molecule has 4 rings (SSSR count). The Kier molecular flexibility index (Phi) is 6.81. The predicted molar refractivity (Wildman–Crippen MR) is 121 cm³/mol. The number of rotatable bonds is 8. The van der Waals surface area contributed by atoms with Crippen LogP contribution in [0.2, 0.25) is 0 Å². The van der Waals surface area contributed by atoms with E-state index in [4.69, 9.17) is 0 Å². The highest BCUT2D eigenvalue weighted by molar-refractivity contribution is 7.70. The van der Waals surface area contributed by atoms with Crippen LogP contribution in [0, 0.1) is 11.6 Å². The van der Waals surface area contributed by atoms with Gasteiger partial charge in [-0.3, -0.25) is 9.78 Å². The highest BCUT2D eigenvalue weighted by atomic mass is 32.2. The van der Waals surface area contributed by atoms with Gasteiger partial charge >= 0.3 is 0 Å². The summed E-state index contributed by atoms with van der Waals surface area (Å²) >= 11 is 0. The van der Waals surface area contributed by atoms with Crippen molar-refractivity contribution in [1.29, 1.82) is 0 Å². The first-order valence-electron chi connectivity index (χ1n) is 10.2. The number of aryl methyl sites for hydroxylation is 1. The van der Waals surface area contributed by atoms with E-state index in [2.05, 4.69) is 14.7 Å². The Morgan fingerprint density at radius 1 is 0.970 bits per heavy atom. The summed E-state index contributed by atoms with van der Waals surface area (Å²) in [5, 5.41) is 0. The number of carbonyl (C=O) groups excluding carboxylic acids is 1. The Hall–Kier alpha value is -3.56. The van der Waals surface area contributed by atoms with Crippen LogP contribution in [0.4, 0.5) is 8.78 Å². The average molecular weight is 467 g/mol. The number of hydrogen-bond acceptors (Lipinski definition) is 5. The Morgan fingerprint density at radius 2 is 1.76 bits per heavy atom. The van der Waals surface area contributed by atoms with Crippen LogP contribution in [0.15, 0.2) is 66.9 Å². The number of nitrogens with zero attached hydrogens (tertiary/aromatic N) is 2. The Morgan fingerprint density at radius 3 is 2.52 bits per heavy atom. The summed E-state index contributed by atoms with van der Waals surface area (Å²) in [5.74, 6) is -2.72. The molecule has 0 bridgehead atoms. The quantitative estimate of drug-likeness (QED) is 0.233. The second kappa shape index (κ2) is 9.93. The van der Waals surface area contributed by atoms with E-state index in [1.54, 1.807) is 12.3 Å². The molecule has 0 spiro atoms. The third-order valence-electron chi connectivity index (χ3n) is 5.14. The summed E-state index contributed by atoms with van der Waals surface area (Å²) in [6, 6.07) is 16.2. The lowest BCUT2D eigenvalue weighted by molar-refractivity contribution is 0.103. The maximum atomic E-state index is 15.0. The molecule has 1 aromatic heterocycles. The Balaban J connectivity index is 1.65. The lowest BCUT2D eigenvalue weighted by atomic mass is 9.97. The van der Waals surface area contributed by atoms with Gasteiger partial charge in [-0.2, -0.15) is 0 Å². The van der Waals surface area contributed by atoms with Crippen molar-refractivity contribution in [1.82, 2.24) is 14.7 Å². The number of fused-ring (bicyclic) bond motifs is 1.